The van der Waals surface area contributed by atoms with Crippen LogP contribution in [0.2, 0.25) is 5.02 Å². The molecule has 1 saturated heterocycles. The van der Waals surface area contributed by atoms with Crippen LogP contribution in [0.3, 0.4) is 0 Å². The van der Waals surface area contributed by atoms with E-state index < -0.39 is 0 Å². The van der Waals surface area contributed by atoms with E-state index in [-0.39, 0.29) is 12.1 Å². The molecule has 0 unspecified atom stereocenters. The number of nitrogens with zero attached hydrogens (tertiary/aromatic N) is 2. The summed E-state index contributed by atoms with van der Waals surface area (Å²) < 4.78 is 0. The monoisotopic (exact) mass is 448 g/mol. The summed E-state index contributed by atoms with van der Waals surface area (Å²) in [5, 5.41) is 6.92. The fourth-order valence-corrected chi connectivity index (χ4v) is 4.17. The fourth-order valence-electron chi connectivity index (χ4n) is 4.04. The number of benzene rings is 3. The Morgan fingerprint density at radius 3 is 1.94 bits per heavy atom. The van der Waals surface area contributed by atoms with Crippen molar-refractivity contribution in [1.82, 2.24) is 15.5 Å². The van der Waals surface area contributed by atoms with E-state index in [0.717, 1.165) is 48.9 Å². The Kier molecular flexibility index (Phi) is 7.64. The van der Waals surface area contributed by atoms with Gasteiger partial charge in [-0.15, -0.1) is 0 Å². The highest BCUT2D eigenvalue weighted by atomic mass is 35.5. The van der Waals surface area contributed by atoms with Crippen LogP contribution >= 0.6 is 11.6 Å². The lowest BCUT2D eigenvalue weighted by molar-refractivity contribution is 0.230. The Morgan fingerprint density at radius 1 is 0.812 bits per heavy atom. The molecule has 6 heteroatoms. The Hall–Kier alpha value is -3.02. The third-order valence-corrected chi connectivity index (χ3v) is 6.07. The molecule has 3 aromatic carbocycles. The number of carbonyl (C=O) groups excluding carboxylic acids is 1. The molecule has 32 heavy (non-hydrogen) atoms. The minimum Gasteiger partial charge on any atom is -0.369 e. The van der Waals surface area contributed by atoms with Crippen molar-refractivity contribution in [2.45, 2.75) is 6.04 Å². The molecule has 1 aliphatic rings. The zero-order valence-corrected chi connectivity index (χ0v) is 18.8. The van der Waals surface area contributed by atoms with Crippen LogP contribution < -0.4 is 15.5 Å². The molecule has 5 nitrogen and oxygen atoms in total. The SMILES string of the molecule is O=C(NCCN1CCN(c2ccc(Cl)cc2)CC1)NC(c1ccccc1)c1ccccc1. The minimum absolute atomic E-state index is 0.150. The average molecular weight is 449 g/mol. The number of halogens is 1. The summed E-state index contributed by atoms with van der Waals surface area (Å²) in [6.45, 7) is 5.34. The molecule has 3 aromatic rings. The first-order chi connectivity index (χ1) is 15.7. The van der Waals surface area contributed by atoms with Crippen LogP contribution in [-0.4, -0.2) is 50.2 Å². The van der Waals surface area contributed by atoms with E-state index in [2.05, 4.69) is 32.6 Å². The number of rotatable bonds is 7. The summed E-state index contributed by atoms with van der Waals surface area (Å²) in [6.07, 6.45) is 0. The number of anilines is 1. The van der Waals surface area contributed by atoms with E-state index in [0.29, 0.717) is 6.54 Å². The molecule has 0 aromatic heterocycles. The van der Waals surface area contributed by atoms with Crippen LogP contribution in [0.5, 0.6) is 0 Å². The van der Waals surface area contributed by atoms with Gasteiger partial charge in [0.2, 0.25) is 0 Å². The van der Waals surface area contributed by atoms with Crippen LogP contribution in [0.1, 0.15) is 17.2 Å². The molecule has 0 radical (unpaired) electrons. The van der Waals surface area contributed by atoms with E-state index in [9.17, 15) is 4.79 Å². The lowest BCUT2D eigenvalue weighted by Gasteiger charge is -2.36. The summed E-state index contributed by atoms with van der Waals surface area (Å²) in [6, 6.07) is 27.8. The topological polar surface area (TPSA) is 47.6 Å². The van der Waals surface area contributed by atoms with Gasteiger partial charge in [0, 0.05) is 50.0 Å². The van der Waals surface area contributed by atoms with Crippen LogP contribution in [0.15, 0.2) is 84.9 Å². The van der Waals surface area contributed by atoms with Gasteiger partial charge in [-0.3, -0.25) is 4.90 Å². The smallest absolute Gasteiger partial charge is 0.315 e. The molecule has 0 atom stereocenters. The van der Waals surface area contributed by atoms with Gasteiger partial charge in [-0.1, -0.05) is 72.3 Å². The van der Waals surface area contributed by atoms with Gasteiger partial charge in [0.25, 0.3) is 0 Å². The van der Waals surface area contributed by atoms with Gasteiger partial charge >= 0.3 is 6.03 Å². The highest BCUT2D eigenvalue weighted by Crippen LogP contribution is 2.22. The van der Waals surface area contributed by atoms with Gasteiger partial charge in [0.15, 0.2) is 0 Å². The summed E-state index contributed by atoms with van der Waals surface area (Å²) in [5.74, 6) is 0. The highest BCUT2D eigenvalue weighted by Gasteiger charge is 2.18. The summed E-state index contributed by atoms with van der Waals surface area (Å²) in [4.78, 5) is 17.4. The van der Waals surface area contributed by atoms with Crippen molar-refractivity contribution in [1.29, 1.82) is 0 Å². The molecule has 4 rings (SSSR count). The normalized spacial score (nSPS) is 14.4. The first-order valence-corrected chi connectivity index (χ1v) is 11.4. The quantitative estimate of drug-likeness (QED) is 0.557. The number of hydrogen-bond donors (Lipinski definition) is 2. The number of amides is 2. The predicted octanol–water partition coefficient (Wildman–Crippen LogP) is 4.55. The number of urea groups is 1. The van der Waals surface area contributed by atoms with Crippen LogP contribution in [0.25, 0.3) is 0 Å². The number of piperazine rings is 1. The molecule has 2 N–H and O–H groups in total. The van der Waals surface area contributed by atoms with E-state index in [1.54, 1.807) is 0 Å². The molecule has 1 fully saturated rings. The van der Waals surface area contributed by atoms with E-state index in [1.807, 2.05) is 72.8 Å². The van der Waals surface area contributed by atoms with Gasteiger partial charge < -0.3 is 15.5 Å². The lowest BCUT2D eigenvalue weighted by atomic mass is 9.99. The molecule has 0 bridgehead atoms. The zero-order chi connectivity index (χ0) is 22.2. The Bertz CT molecular complexity index is 934. The average Bonchev–Trinajstić information content (AvgIpc) is 2.85. The van der Waals surface area contributed by atoms with Crippen molar-refractivity contribution in [2.24, 2.45) is 0 Å². The minimum atomic E-state index is -0.180. The van der Waals surface area contributed by atoms with Crippen LogP contribution in [-0.2, 0) is 0 Å². The second-order valence-corrected chi connectivity index (χ2v) is 8.40. The fraction of sp³-hybridized carbons (Fsp3) is 0.269. The Morgan fingerprint density at radius 2 is 1.38 bits per heavy atom. The molecule has 0 saturated carbocycles. The van der Waals surface area contributed by atoms with Gasteiger partial charge in [0.05, 0.1) is 6.04 Å². The second kappa shape index (κ2) is 11.0. The first-order valence-electron chi connectivity index (χ1n) is 11.1. The number of carbonyl (C=O) groups is 1. The molecule has 166 valence electrons. The lowest BCUT2D eigenvalue weighted by Crippen LogP contribution is -2.49. The highest BCUT2D eigenvalue weighted by molar-refractivity contribution is 6.30. The summed E-state index contributed by atoms with van der Waals surface area (Å²) in [7, 11) is 0. The maximum atomic E-state index is 12.6. The second-order valence-electron chi connectivity index (χ2n) is 7.96. The molecule has 1 aliphatic heterocycles. The molecular weight excluding hydrogens is 420 g/mol. The van der Waals surface area contributed by atoms with E-state index in [1.165, 1.54) is 5.69 Å². The molecular formula is C26H29ClN4O. The van der Waals surface area contributed by atoms with Crippen molar-refractivity contribution in [3.05, 3.63) is 101 Å². The van der Waals surface area contributed by atoms with Crippen molar-refractivity contribution in [3.8, 4) is 0 Å². The third kappa shape index (κ3) is 6.02. The van der Waals surface area contributed by atoms with Gasteiger partial charge in [-0.05, 0) is 35.4 Å². The molecule has 0 spiro atoms. The molecule has 2 amide bonds. The predicted molar refractivity (Wildman–Crippen MR) is 131 cm³/mol. The Labute approximate surface area is 195 Å². The van der Waals surface area contributed by atoms with Crippen LogP contribution in [0.4, 0.5) is 10.5 Å². The number of nitrogens with one attached hydrogen (secondary N) is 2. The summed E-state index contributed by atoms with van der Waals surface area (Å²) >= 11 is 5.99. The molecule has 0 aliphatic carbocycles. The van der Waals surface area contributed by atoms with Gasteiger partial charge in [-0.25, -0.2) is 4.79 Å². The maximum Gasteiger partial charge on any atom is 0.315 e. The van der Waals surface area contributed by atoms with E-state index >= 15 is 0 Å². The summed E-state index contributed by atoms with van der Waals surface area (Å²) in [5.41, 5.74) is 3.33. The van der Waals surface area contributed by atoms with Crippen molar-refractivity contribution in [2.75, 3.05) is 44.2 Å². The number of hydrogen-bond acceptors (Lipinski definition) is 3. The van der Waals surface area contributed by atoms with Crippen molar-refractivity contribution >= 4 is 23.3 Å². The maximum absolute atomic E-state index is 12.6. The van der Waals surface area contributed by atoms with Gasteiger partial charge in [0.1, 0.15) is 0 Å². The largest absolute Gasteiger partial charge is 0.369 e. The third-order valence-electron chi connectivity index (χ3n) is 5.82. The van der Waals surface area contributed by atoms with Crippen LogP contribution in [0, 0.1) is 0 Å². The molecule has 1 heterocycles. The zero-order valence-electron chi connectivity index (χ0n) is 18.1. The van der Waals surface area contributed by atoms with E-state index in [4.69, 9.17) is 11.6 Å². The van der Waals surface area contributed by atoms with Gasteiger partial charge in [-0.2, -0.15) is 0 Å². The van der Waals surface area contributed by atoms with Crippen molar-refractivity contribution < 1.29 is 4.79 Å². The first kappa shape index (κ1) is 22.2. The van der Waals surface area contributed by atoms with Crippen molar-refractivity contribution in [3.63, 3.8) is 0 Å². The Balaban J connectivity index is 1.24. The standard InChI is InChI=1S/C26H29ClN4O/c27-23-11-13-24(14-12-23)31-19-17-30(18-20-31)16-15-28-26(32)29-25(21-7-3-1-4-8-21)22-9-5-2-6-10-22/h1-14,25H,15-20H2,(H2,28,29,32).